The van der Waals surface area contributed by atoms with E-state index in [2.05, 4.69) is 38.6 Å². The minimum absolute atomic E-state index is 0.156. The number of amides is 1. The van der Waals surface area contributed by atoms with Gasteiger partial charge in [-0.05, 0) is 45.4 Å². The van der Waals surface area contributed by atoms with Crippen LogP contribution in [0.25, 0.3) is 0 Å². The SMILES string of the molecule is CC(CCCCCC/C=C\CCCCCCCC(=O)NCC[N+](C)(C)C)OC1OC(CO)C(O)[C@H](O)[C@H]1OC1OC(CO)[C@@H](O)[C@H](O)C1O. The van der Waals surface area contributed by atoms with Gasteiger partial charge >= 0.3 is 0 Å². The van der Waals surface area contributed by atoms with Crippen molar-refractivity contribution in [1.82, 2.24) is 5.32 Å². The second kappa shape index (κ2) is 23.3. The Kier molecular flexibility index (Phi) is 20.9. The van der Waals surface area contributed by atoms with E-state index < -0.39 is 74.6 Å². The molecule has 8 N–H and O–H groups in total. The molecule has 49 heavy (non-hydrogen) atoms. The average molecular weight is 708 g/mol. The van der Waals surface area contributed by atoms with E-state index in [1.54, 1.807) is 0 Å². The zero-order valence-corrected chi connectivity index (χ0v) is 30.1. The molecule has 11 atom stereocenters. The van der Waals surface area contributed by atoms with Crippen LogP contribution in [0.2, 0.25) is 0 Å². The Morgan fingerprint density at radius 1 is 0.735 bits per heavy atom. The Morgan fingerprint density at radius 2 is 1.27 bits per heavy atom. The van der Waals surface area contributed by atoms with Crippen LogP contribution in [0.1, 0.15) is 90.4 Å². The van der Waals surface area contributed by atoms with Crippen molar-refractivity contribution in [2.75, 3.05) is 47.4 Å². The number of hydrogen-bond donors (Lipinski definition) is 8. The summed E-state index contributed by atoms with van der Waals surface area (Å²) in [6, 6.07) is 0. The maximum atomic E-state index is 11.9. The highest BCUT2D eigenvalue weighted by Crippen LogP contribution is 2.30. The quantitative estimate of drug-likeness (QED) is 0.0392. The van der Waals surface area contributed by atoms with Crippen molar-refractivity contribution >= 4 is 5.91 Å². The Labute approximate surface area is 292 Å². The third-order valence-electron chi connectivity index (χ3n) is 9.11. The van der Waals surface area contributed by atoms with E-state index >= 15 is 0 Å². The number of allylic oxidation sites excluding steroid dienone is 2. The van der Waals surface area contributed by atoms with Gasteiger partial charge in [0, 0.05) is 6.42 Å². The maximum Gasteiger partial charge on any atom is 0.220 e. The van der Waals surface area contributed by atoms with Crippen molar-refractivity contribution in [2.45, 2.75) is 158 Å². The summed E-state index contributed by atoms with van der Waals surface area (Å²) in [6.07, 6.45) is 2.57. The molecule has 2 saturated heterocycles. The summed E-state index contributed by atoms with van der Waals surface area (Å²) < 4.78 is 23.7. The predicted molar refractivity (Wildman–Crippen MR) is 182 cm³/mol. The lowest BCUT2D eigenvalue weighted by atomic mass is 9.97. The summed E-state index contributed by atoms with van der Waals surface area (Å²) in [5.74, 6) is 0.156. The van der Waals surface area contributed by atoms with Crippen molar-refractivity contribution in [1.29, 1.82) is 0 Å². The van der Waals surface area contributed by atoms with Gasteiger partial charge in [-0.3, -0.25) is 4.79 Å². The molecular weight excluding hydrogens is 640 g/mol. The number of carbonyl (C=O) groups excluding carboxylic acids is 1. The topological polar surface area (TPSA) is 208 Å². The van der Waals surface area contributed by atoms with Gasteiger partial charge in [-0.2, -0.15) is 0 Å². The van der Waals surface area contributed by atoms with Crippen molar-refractivity contribution in [3.8, 4) is 0 Å². The Morgan fingerprint density at radius 3 is 1.86 bits per heavy atom. The zero-order chi connectivity index (χ0) is 36.4. The second-order valence-electron chi connectivity index (χ2n) is 14.6. The van der Waals surface area contributed by atoms with Gasteiger partial charge in [0.2, 0.25) is 5.91 Å². The van der Waals surface area contributed by atoms with Crippen LogP contribution in [0, 0.1) is 0 Å². The first-order valence-electron chi connectivity index (χ1n) is 18.2. The lowest BCUT2D eigenvalue weighted by molar-refractivity contribution is -0.869. The maximum absolute atomic E-state index is 11.9. The lowest BCUT2D eigenvalue weighted by Gasteiger charge is -2.46. The summed E-state index contributed by atoms with van der Waals surface area (Å²) in [5, 5.41) is 73.9. The fourth-order valence-corrected chi connectivity index (χ4v) is 5.92. The van der Waals surface area contributed by atoms with Gasteiger partial charge in [-0.1, -0.05) is 50.7 Å². The molecule has 2 rings (SSSR count). The zero-order valence-electron chi connectivity index (χ0n) is 30.1. The van der Waals surface area contributed by atoms with Crippen LogP contribution in [0.3, 0.4) is 0 Å². The Balaban J connectivity index is 1.60. The molecule has 2 fully saturated rings. The van der Waals surface area contributed by atoms with E-state index in [1.807, 2.05) is 6.92 Å². The number of rotatable bonds is 24. The number of carbonyl (C=O) groups is 1. The second-order valence-corrected chi connectivity index (χ2v) is 14.6. The third kappa shape index (κ3) is 16.3. The van der Waals surface area contributed by atoms with Gasteiger partial charge in [0.05, 0.1) is 53.6 Å². The average Bonchev–Trinajstić information content (AvgIpc) is 3.05. The van der Waals surface area contributed by atoms with Crippen LogP contribution in [0.15, 0.2) is 12.2 Å². The van der Waals surface area contributed by atoms with Gasteiger partial charge in [-0.15, -0.1) is 0 Å². The summed E-state index contributed by atoms with van der Waals surface area (Å²) in [4.78, 5) is 11.9. The van der Waals surface area contributed by atoms with Gasteiger partial charge < -0.3 is 64.5 Å². The van der Waals surface area contributed by atoms with Crippen LogP contribution in [0.4, 0.5) is 0 Å². The first-order chi connectivity index (χ1) is 23.3. The van der Waals surface area contributed by atoms with Crippen LogP contribution in [-0.4, -0.2) is 161 Å². The van der Waals surface area contributed by atoms with Crippen LogP contribution in [0.5, 0.6) is 0 Å². The molecule has 14 heteroatoms. The molecule has 1 amide bonds. The van der Waals surface area contributed by atoms with Gasteiger partial charge in [-0.25, -0.2) is 0 Å². The van der Waals surface area contributed by atoms with E-state index in [9.17, 15) is 40.5 Å². The first kappa shape index (κ1) is 43.9. The number of nitrogens with one attached hydrogen (secondary N) is 1. The van der Waals surface area contributed by atoms with Crippen molar-refractivity contribution in [3.05, 3.63) is 12.2 Å². The standard InChI is InChI=1S/C35H66N2O12/c1-24(18-16-14-12-10-8-6-5-7-9-11-13-15-17-19-27(40)36-20-21-37(2,3)4)46-35-33(31(44)29(42)26(23-39)48-35)49-34-32(45)30(43)28(41)25(22-38)47-34/h5-6,24-26,28-35,38-39,41-45H,7-23H2,1-4H3/p+1/b6-5-/t24?,25?,26?,28-,29?,30+,31+,32?,33-,34?,35?/m1/s1. The van der Waals surface area contributed by atoms with Gasteiger partial charge in [0.25, 0.3) is 0 Å². The van der Waals surface area contributed by atoms with Gasteiger partial charge in [0.15, 0.2) is 12.6 Å². The molecule has 0 bridgehead atoms. The smallest absolute Gasteiger partial charge is 0.220 e. The fourth-order valence-electron chi connectivity index (χ4n) is 5.92. The highest BCUT2D eigenvalue weighted by molar-refractivity contribution is 5.75. The summed E-state index contributed by atoms with van der Waals surface area (Å²) >= 11 is 0. The molecule has 7 unspecified atom stereocenters. The summed E-state index contributed by atoms with van der Waals surface area (Å²) in [7, 11) is 6.35. The minimum Gasteiger partial charge on any atom is -0.394 e. The molecule has 2 aliphatic rings. The van der Waals surface area contributed by atoms with Crippen LogP contribution < -0.4 is 5.32 Å². The van der Waals surface area contributed by atoms with E-state index in [4.69, 9.17) is 18.9 Å². The fraction of sp³-hybridized carbons (Fsp3) is 0.914. The monoisotopic (exact) mass is 707 g/mol. The highest BCUT2D eigenvalue weighted by Gasteiger charge is 2.51. The molecule has 0 aromatic carbocycles. The van der Waals surface area contributed by atoms with E-state index in [0.717, 1.165) is 81.8 Å². The minimum atomic E-state index is -1.71. The molecule has 0 radical (unpaired) electrons. The van der Waals surface area contributed by atoms with Crippen LogP contribution in [-0.2, 0) is 23.7 Å². The lowest BCUT2D eigenvalue weighted by Crippen LogP contribution is -2.64. The van der Waals surface area contributed by atoms with E-state index in [-0.39, 0.29) is 12.0 Å². The molecule has 0 aliphatic carbocycles. The highest BCUT2D eigenvalue weighted by atomic mass is 16.8. The molecular formula is C35H67N2O12+. The van der Waals surface area contributed by atoms with Crippen LogP contribution >= 0.6 is 0 Å². The molecule has 2 heterocycles. The Bertz CT molecular complexity index is 920. The molecule has 0 aromatic rings. The summed E-state index contributed by atoms with van der Waals surface area (Å²) in [6.45, 7) is 2.27. The number of aliphatic hydroxyl groups excluding tert-OH is 7. The molecule has 2 aliphatic heterocycles. The number of unbranched alkanes of at least 4 members (excludes halogenated alkanes) is 9. The molecule has 0 saturated carbocycles. The number of likely N-dealkylation sites (N-methyl/N-ethyl adjacent to an activating group) is 1. The normalized spacial score (nSPS) is 31.7. The Hall–Kier alpha value is -1.27. The number of ether oxygens (including phenoxy) is 4. The van der Waals surface area contributed by atoms with Gasteiger partial charge in [0.1, 0.15) is 48.8 Å². The number of aliphatic hydroxyl groups is 7. The van der Waals surface area contributed by atoms with Crippen molar-refractivity contribution < 1.29 is 64.0 Å². The number of nitrogens with zero attached hydrogens (tertiary/aromatic N) is 1. The number of quaternary nitrogens is 1. The molecule has 0 spiro atoms. The van der Waals surface area contributed by atoms with E-state index in [1.165, 1.54) is 6.42 Å². The molecule has 14 nitrogen and oxygen atoms in total. The third-order valence-corrected chi connectivity index (χ3v) is 9.11. The predicted octanol–water partition coefficient (Wildman–Crippen LogP) is 0.466. The van der Waals surface area contributed by atoms with Crippen molar-refractivity contribution in [2.24, 2.45) is 0 Å². The number of hydrogen-bond acceptors (Lipinski definition) is 12. The van der Waals surface area contributed by atoms with E-state index in [0.29, 0.717) is 12.8 Å². The first-order valence-corrected chi connectivity index (χ1v) is 18.2. The largest absolute Gasteiger partial charge is 0.394 e. The molecule has 288 valence electrons. The summed E-state index contributed by atoms with van der Waals surface area (Å²) in [5.41, 5.74) is 0. The molecule has 0 aromatic heterocycles. The van der Waals surface area contributed by atoms with Crippen molar-refractivity contribution in [3.63, 3.8) is 0 Å².